The summed E-state index contributed by atoms with van der Waals surface area (Å²) in [7, 11) is 0. The monoisotopic (exact) mass is 1080 g/mol. The molecule has 0 saturated heterocycles. The minimum absolute atomic E-state index is 0.952. The van der Waals surface area contributed by atoms with Crippen molar-refractivity contribution in [3.8, 4) is 74.0 Å². The molecule has 392 valence electrons. The van der Waals surface area contributed by atoms with E-state index in [1.807, 2.05) is 45.3 Å². The summed E-state index contributed by atoms with van der Waals surface area (Å²) in [4.78, 5) is 19.4. The third-order valence-corrected chi connectivity index (χ3v) is 20.4. The van der Waals surface area contributed by atoms with Crippen LogP contribution in [0, 0.1) is 0 Å². The van der Waals surface area contributed by atoms with Crippen LogP contribution in [0.15, 0.2) is 158 Å². The lowest BCUT2D eigenvalue weighted by Crippen LogP contribution is -1.99. The van der Waals surface area contributed by atoms with Crippen LogP contribution >= 0.6 is 45.3 Å². The molecule has 0 unspecified atom stereocenters. The minimum Gasteiger partial charge on any atom is -0.339 e. The second-order valence-corrected chi connectivity index (χ2v) is 25.4. The highest BCUT2D eigenvalue weighted by Crippen LogP contribution is 2.49. The third-order valence-electron chi connectivity index (χ3n) is 15.4. The summed E-state index contributed by atoms with van der Waals surface area (Å²) in [5, 5.41) is 0. The van der Waals surface area contributed by atoms with E-state index >= 15 is 0 Å². The van der Waals surface area contributed by atoms with E-state index in [1.165, 1.54) is 175 Å². The molecule has 0 saturated carbocycles. The summed E-state index contributed by atoms with van der Waals surface area (Å²) in [6.45, 7) is 7.94. The fraction of sp³-hybridized carbons (Fsp3) is 0.314. The van der Waals surface area contributed by atoms with Crippen molar-refractivity contribution in [2.24, 2.45) is 0 Å². The van der Waals surface area contributed by atoms with E-state index < -0.39 is 0 Å². The van der Waals surface area contributed by atoms with Crippen molar-refractivity contribution in [1.29, 1.82) is 0 Å². The van der Waals surface area contributed by atoms with E-state index in [0.717, 1.165) is 64.1 Å². The predicted molar refractivity (Wildman–Crippen MR) is 340 cm³/mol. The van der Waals surface area contributed by atoms with Gasteiger partial charge in [-0.1, -0.05) is 213 Å². The van der Waals surface area contributed by atoms with E-state index in [0.29, 0.717) is 0 Å². The van der Waals surface area contributed by atoms with Gasteiger partial charge in [0.05, 0.1) is 42.9 Å². The Morgan fingerprint density at radius 2 is 0.766 bits per heavy atom. The highest BCUT2D eigenvalue weighted by molar-refractivity contribution is 7.32. The van der Waals surface area contributed by atoms with E-state index in [9.17, 15) is 0 Å². The normalized spacial score (nSPS) is 11.8. The van der Waals surface area contributed by atoms with Crippen LogP contribution < -0.4 is 0 Å². The van der Waals surface area contributed by atoms with E-state index in [1.54, 1.807) is 0 Å². The maximum atomic E-state index is 5.91. The van der Waals surface area contributed by atoms with Gasteiger partial charge >= 0.3 is 0 Å². The Morgan fingerprint density at radius 3 is 1.31 bits per heavy atom. The van der Waals surface area contributed by atoms with Crippen LogP contribution in [0.4, 0.5) is 0 Å². The summed E-state index contributed by atoms with van der Waals surface area (Å²) in [5.41, 5.74) is 16.4. The van der Waals surface area contributed by atoms with Crippen molar-refractivity contribution in [2.75, 3.05) is 0 Å². The Bertz CT molecular complexity index is 3680. The molecule has 0 fully saturated rings. The number of fused-ring (bicyclic) bond motifs is 4. The third kappa shape index (κ3) is 12.2. The molecule has 0 spiro atoms. The van der Waals surface area contributed by atoms with Gasteiger partial charge in [0.2, 0.25) is 0 Å². The van der Waals surface area contributed by atoms with Crippen molar-refractivity contribution >= 4 is 76.8 Å². The van der Waals surface area contributed by atoms with E-state index in [2.05, 4.69) is 183 Å². The Balaban J connectivity index is 1.02. The fourth-order valence-electron chi connectivity index (χ4n) is 11.2. The first-order valence-electron chi connectivity index (χ1n) is 29.0. The number of aryl methyl sites for hydroxylation is 3. The van der Waals surface area contributed by atoms with Crippen molar-refractivity contribution < 1.29 is 0 Å². The van der Waals surface area contributed by atoms with Gasteiger partial charge in [0.25, 0.3) is 0 Å². The summed E-state index contributed by atoms with van der Waals surface area (Å²) < 4.78 is 5.48. The molecule has 0 radical (unpaired) electrons. The smallest absolute Gasteiger partial charge is 0.0988 e. The Morgan fingerprint density at radius 1 is 0.338 bits per heavy atom. The van der Waals surface area contributed by atoms with Gasteiger partial charge in [0.15, 0.2) is 0 Å². The Hall–Kier alpha value is -5.96. The molecular weight excluding hydrogens is 1010 g/mol. The number of benzene rings is 5. The highest BCUT2D eigenvalue weighted by atomic mass is 32.1. The van der Waals surface area contributed by atoms with Gasteiger partial charge in [0, 0.05) is 58.1 Å². The van der Waals surface area contributed by atoms with Crippen LogP contribution in [-0.2, 0) is 19.4 Å². The maximum absolute atomic E-state index is 5.91. The topological polar surface area (TPSA) is 30.7 Å². The SMILES string of the molecule is CCCCCCCCCCn1c2cc(-c3ccccc3)sc2c2sc(-c3ccc(-c4ccc(-c5ccc(-c6ccccc6)s5)c5nc(-c6cccc(CCCCCC)c6)c(-c6cccc(CCCCCC)c6)nc45)s3)cc21. The zero-order valence-electron chi connectivity index (χ0n) is 45.4. The molecular formula is C70H73N3S4. The molecule has 0 N–H and O–H groups in total. The number of hydrogen-bond donors (Lipinski definition) is 0. The molecule has 0 atom stereocenters. The number of nitrogens with zero attached hydrogens (tertiary/aromatic N) is 3. The molecule has 0 aliphatic rings. The van der Waals surface area contributed by atoms with Crippen molar-refractivity contribution in [1.82, 2.24) is 14.5 Å². The van der Waals surface area contributed by atoms with Crippen molar-refractivity contribution in [2.45, 2.75) is 143 Å². The van der Waals surface area contributed by atoms with Gasteiger partial charge in [-0.2, -0.15) is 0 Å². The minimum atomic E-state index is 0.952. The van der Waals surface area contributed by atoms with Crippen LogP contribution in [0.25, 0.3) is 105 Å². The summed E-state index contributed by atoms with van der Waals surface area (Å²) >= 11 is 7.65. The maximum Gasteiger partial charge on any atom is 0.0988 e. The van der Waals surface area contributed by atoms with Crippen molar-refractivity contribution in [3.05, 3.63) is 169 Å². The van der Waals surface area contributed by atoms with Crippen LogP contribution in [-0.4, -0.2) is 14.5 Å². The molecule has 6 heterocycles. The van der Waals surface area contributed by atoms with E-state index in [-0.39, 0.29) is 0 Å². The quantitative estimate of drug-likeness (QED) is 0.0506. The number of aromatic nitrogens is 3. The number of hydrogen-bond acceptors (Lipinski definition) is 6. The van der Waals surface area contributed by atoms with Gasteiger partial charge in [-0.25, -0.2) is 9.97 Å². The van der Waals surface area contributed by atoms with Crippen LogP contribution in [0.2, 0.25) is 0 Å². The van der Waals surface area contributed by atoms with Gasteiger partial charge in [-0.3, -0.25) is 0 Å². The van der Waals surface area contributed by atoms with Gasteiger partial charge in [-0.05, 0) is 103 Å². The molecule has 6 aromatic heterocycles. The summed E-state index contributed by atoms with van der Waals surface area (Å²) in [6, 6.07) is 59.0. The lowest BCUT2D eigenvalue weighted by atomic mass is 9.96. The lowest BCUT2D eigenvalue weighted by Gasteiger charge is -2.16. The molecule has 3 nitrogen and oxygen atoms in total. The largest absolute Gasteiger partial charge is 0.339 e. The number of thiophene rings is 4. The second kappa shape index (κ2) is 25.7. The first-order valence-corrected chi connectivity index (χ1v) is 32.2. The standard InChI is InChI=1S/C70H73N3S4/c1-4-7-10-13-14-15-16-25-44-73-57-47-63(52-34-23-18-24-35-52)76-69(57)70-58(73)48-64(77-70)62-43-42-61(75-62)56-39-38-55(60-41-40-59(74-60)51-32-21-17-22-33-51)67-68(56)72-66(54-37-27-31-50(46-54)29-20-12-9-6-3)65(71-67)53-36-26-30-49(45-53)28-19-11-8-5-2/h17-18,21-24,26-27,30-43,45-48H,4-16,19-20,25,28-29,44H2,1-3H3. The summed E-state index contributed by atoms with van der Waals surface area (Å²) in [6.07, 6.45) is 22.6. The number of unbranched alkanes of at least 4 members (excludes halogenated alkanes) is 13. The molecule has 0 aliphatic heterocycles. The summed E-state index contributed by atoms with van der Waals surface area (Å²) in [5.74, 6) is 0. The molecule has 77 heavy (non-hydrogen) atoms. The van der Waals surface area contributed by atoms with Gasteiger partial charge < -0.3 is 4.57 Å². The first kappa shape index (κ1) is 53.1. The molecule has 0 aliphatic carbocycles. The Labute approximate surface area is 473 Å². The average Bonchev–Trinajstić information content (AvgIpc) is 4.43. The van der Waals surface area contributed by atoms with Crippen LogP contribution in [0.5, 0.6) is 0 Å². The second-order valence-electron chi connectivity index (χ2n) is 21.1. The van der Waals surface area contributed by atoms with Crippen LogP contribution in [0.3, 0.4) is 0 Å². The van der Waals surface area contributed by atoms with Crippen molar-refractivity contribution in [3.63, 3.8) is 0 Å². The molecule has 11 rings (SSSR count). The lowest BCUT2D eigenvalue weighted by molar-refractivity contribution is 0.553. The Kier molecular flexibility index (Phi) is 17.7. The molecule has 7 heteroatoms. The van der Waals surface area contributed by atoms with Crippen LogP contribution in [0.1, 0.15) is 135 Å². The predicted octanol–water partition coefficient (Wildman–Crippen LogP) is 23.0. The molecule has 5 aromatic carbocycles. The zero-order chi connectivity index (χ0) is 52.3. The first-order chi connectivity index (χ1) is 38.1. The molecule has 0 bridgehead atoms. The fourth-order valence-corrected chi connectivity index (χ4v) is 15.8. The number of rotatable bonds is 26. The van der Waals surface area contributed by atoms with Gasteiger partial charge in [-0.15, -0.1) is 45.3 Å². The highest BCUT2D eigenvalue weighted by Gasteiger charge is 2.23. The van der Waals surface area contributed by atoms with E-state index in [4.69, 9.17) is 9.97 Å². The average molecular weight is 1080 g/mol. The zero-order valence-corrected chi connectivity index (χ0v) is 48.7. The molecule has 11 aromatic rings. The molecule has 0 amide bonds. The van der Waals surface area contributed by atoms with Gasteiger partial charge in [0.1, 0.15) is 0 Å².